The van der Waals surface area contributed by atoms with Gasteiger partial charge in [0.1, 0.15) is 11.7 Å². The third-order valence-corrected chi connectivity index (χ3v) is 3.00. The van der Waals surface area contributed by atoms with Crippen molar-refractivity contribution in [2.24, 2.45) is 0 Å². The molecule has 0 spiro atoms. The molecule has 2 heterocycles. The monoisotopic (exact) mass is 173 g/mol. The van der Waals surface area contributed by atoms with Crippen LogP contribution in [0.15, 0.2) is 0 Å². The van der Waals surface area contributed by atoms with Crippen LogP contribution in [0.3, 0.4) is 0 Å². The minimum absolute atomic E-state index is 0.183. The summed E-state index contributed by atoms with van der Waals surface area (Å²) in [5.74, 6) is -0.847. The van der Waals surface area contributed by atoms with E-state index >= 15 is 0 Å². The quantitative estimate of drug-likeness (QED) is 0.632. The summed E-state index contributed by atoms with van der Waals surface area (Å²) in [6.45, 7) is 1.05. The molecule has 4 heteroatoms. The molecular formula is C8H12FNO2. The highest BCUT2D eigenvalue weighted by Crippen LogP contribution is 2.39. The average molecular weight is 173 g/mol. The predicted molar refractivity (Wildman–Crippen MR) is 40.7 cm³/mol. The fourth-order valence-corrected chi connectivity index (χ4v) is 2.43. The molecule has 0 radical (unpaired) electrons. The van der Waals surface area contributed by atoms with Crippen molar-refractivity contribution in [1.29, 1.82) is 0 Å². The molecule has 2 atom stereocenters. The molecule has 2 unspecified atom stereocenters. The molecule has 2 saturated heterocycles. The van der Waals surface area contributed by atoms with Crippen LogP contribution in [0.5, 0.6) is 0 Å². The SMILES string of the molecule is O=C(O)C12CCCN1CC(F)C2. The molecule has 0 bridgehead atoms. The Morgan fingerprint density at radius 3 is 3.00 bits per heavy atom. The lowest BCUT2D eigenvalue weighted by Crippen LogP contribution is -2.45. The van der Waals surface area contributed by atoms with Gasteiger partial charge in [0, 0.05) is 13.0 Å². The summed E-state index contributed by atoms with van der Waals surface area (Å²) in [6.07, 6.45) is 0.741. The number of rotatable bonds is 1. The second-order valence-electron chi connectivity index (χ2n) is 3.69. The van der Waals surface area contributed by atoms with Crippen LogP contribution in [0.2, 0.25) is 0 Å². The standard InChI is InChI=1S/C8H12FNO2/c9-6-4-8(7(11)12)2-1-3-10(8)5-6/h6H,1-5H2,(H,11,12). The number of hydrogen-bond donors (Lipinski definition) is 1. The third-order valence-electron chi connectivity index (χ3n) is 3.00. The lowest BCUT2D eigenvalue weighted by Gasteiger charge is -2.25. The molecule has 0 amide bonds. The molecule has 0 aromatic carbocycles. The molecule has 68 valence electrons. The van der Waals surface area contributed by atoms with Crippen LogP contribution in [0.1, 0.15) is 19.3 Å². The minimum atomic E-state index is -0.943. The molecule has 0 aromatic rings. The lowest BCUT2D eigenvalue weighted by atomic mass is 9.94. The lowest BCUT2D eigenvalue weighted by molar-refractivity contribution is -0.148. The van der Waals surface area contributed by atoms with E-state index in [1.165, 1.54) is 0 Å². The van der Waals surface area contributed by atoms with Gasteiger partial charge in [-0.2, -0.15) is 0 Å². The van der Waals surface area contributed by atoms with E-state index in [9.17, 15) is 9.18 Å². The summed E-state index contributed by atoms with van der Waals surface area (Å²) < 4.78 is 12.9. The van der Waals surface area contributed by atoms with E-state index in [1.54, 1.807) is 4.90 Å². The Bertz CT molecular complexity index is 221. The van der Waals surface area contributed by atoms with E-state index in [-0.39, 0.29) is 6.42 Å². The van der Waals surface area contributed by atoms with Crippen molar-refractivity contribution < 1.29 is 14.3 Å². The summed E-state index contributed by atoms with van der Waals surface area (Å²) in [6, 6.07) is 0. The highest BCUT2D eigenvalue weighted by molar-refractivity contribution is 5.79. The van der Waals surface area contributed by atoms with Gasteiger partial charge in [0.2, 0.25) is 0 Å². The van der Waals surface area contributed by atoms with E-state index in [1.807, 2.05) is 0 Å². The molecule has 1 N–H and O–H groups in total. The fraction of sp³-hybridized carbons (Fsp3) is 0.875. The van der Waals surface area contributed by atoms with Crippen LogP contribution in [0.4, 0.5) is 4.39 Å². The molecular weight excluding hydrogens is 161 g/mol. The number of halogens is 1. The molecule has 2 aliphatic heterocycles. The Kier molecular flexibility index (Phi) is 1.61. The largest absolute Gasteiger partial charge is 0.480 e. The van der Waals surface area contributed by atoms with Crippen molar-refractivity contribution in [1.82, 2.24) is 4.90 Å². The first-order chi connectivity index (χ1) is 5.65. The molecule has 2 fully saturated rings. The number of carboxylic acid groups (broad SMARTS) is 1. The van der Waals surface area contributed by atoms with E-state index in [0.29, 0.717) is 13.0 Å². The topological polar surface area (TPSA) is 40.5 Å². The molecule has 0 saturated carbocycles. The number of alkyl halides is 1. The normalized spacial score (nSPS) is 41.6. The number of fused-ring (bicyclic) bond motifs is 1. The van der Waals surface area contributed by atoms with E-state index in [4.69, 9.17) is 5.11 Å². The summed E-state index contributed by atoms with van der Waals surface area (Å²) in [5.41, 5.74) is -0.848. The van der Waals surface area contributed by atoms with Gasteiger partial charge in [0.25, 0.3) is 0 Å². The van der Waals surface area contributed by atoms with Crippen molar-refractivity contribution in [2.45, 2.75) is 31.0 Å². The molecule has 3 nitrogen and oxygen atoms in total. The summed E-state index contributed by atoms with van der Waals surface area (Å²) >= 11 is 0. The number of carbonyl (C=O) groups is 1. The summed E-state index contributed by atoms with van der Waals surface area (Å²) in [4.78, 5) is 12.7. The predicted octanol–water partition coefficient (Wildman–Crippen LogP) is 0.647. The maximum Gasteiger partial charge on any atom is 0.324 e. The van der Waals surface area contributed by atoms with Crippen molar-refractivity contribution >= 4 is 5.97 Å². The van der Waals surface area contributed by atoms with Gasteiger partial charge < -0.3 is 5.11 Å². The van der Waals surface area contributed by atoms with E-state index in [0.717, 1.165) is 13.0 Å². The first kappa shape index (κ1) is 7.98. The van der Waals surface area contributed by atoms with Crippen molar-refractivity contribution in [3.05, 3.63) is 0 Å². The van der Waals surface area contributed by atoms with Crippen molar-refractivity contribution in [2.75, 3.05) is 13.1 Å². The molecule has 2 rings (SSSR count). The van der Waals surface area contributed by atoms with E-state index in [2.05, 4.69) is 0 Å². The van der Waals surface area contributed by atoms with Crippen LogP contribution < -0.4 is 0 Å². The Morgan fingerprint density at radius 2 is 2.42 bits per heavy atom. The van der Waals surface area contributed by atoms with Gasteiger partial charge in [0.05, 0.1) is 0 Å². The van der Waals surface area contributed by atoms with Gasteiger partial charge >= 0.3 is 5.97 Å². The van der Waals surface area contributed by atoms with Gasteiger partial charge in [-0.3, -0.25) is 9.69 Å². The third kappa shape index (κ3) is 0.874. The number of aliphatic carboxylic acids is 1. The van der Waals surface area contributed by atoms with Gasteiger partial charge in [-0.15, -0.1) is 0 Å². The van der Waals surface area contributed by atoms with Crippen LogP contribution in [0.25, 0.3) is 0 Å². The zero-order valence-corrected chi connectivity index (χ0v) is 6.79. The highest BCUT2D eigenvalue weighted by Gasteiger charge is 2.54. The number of carboxylic acids is 1. The van der Waals surface area contributed by atoms with Crippen LogP contribution in [0, 0.1) is 0 Å². The Balaban J connectivity index is 2.26. The van der Waals surface area contributed by atoms with Crippen molar-refractivity contribution in [3.8, 4) is 0 Å². The molecule has 2 aliphatic rings. The molecule has 0 aromatic heterocycles. The van der Waals surface area contributed by atoms with Crippen LogP contribution in [-0.4, -0.2) is 40.8 Å². The van der Waals surface area contributed by atoms with Gasteiger partial charge in [0.15, 0.2) is 0 Å². The van der Waals surface area contributed by atoms with Crippen LogP contribution in [-0.2, 0) is 4.79 Å². The summed E-state index contributed by atoms with van der Waals surface area (Å²) in [7, 11) is 0. The fourth-order valence-electron chi connectivity index (χ4n) is 2.43. The number of nitrogens with zero attached hydrogens (tertiary/aromatic N) is 1. The Labute approximate surface area is 70.2 Å². The zero-order chi connectivity index (χ0) is 8.77. The summed E-state index contributed by atoms with van der Waals surface area (Å²) in [5, 5.41) is 8.98. The molecule has 12 heavy (non-hydrogen) atoms. The first-order valence-corrected chi connectivity index (χ1v) is 4.28. The smallest absolute Gasteiger partial charge is 0.324 e. The maximum atomic E-state index is 12.9. The highest BCUT2D eigenvalue weighted by atomic mass is 19.1. The Hall–Kier alpha value is -0.640. The number of hydrogen-bond acceptors (Lipinski definition) is 2. The van der Waals surface area contributed by atoms with Gasteiger partial charge in [-0.25, -0.2) is 4.39 Å². The average Bonchev–Trinajstić information content (AvgIpc) is 2.42. The maximum absolute atomic E-state index is 12.9. The van der Waals surface area contributed by atoms with Gasteiger partial charge in [-0.05, 0) is 19.4 Å². The zero-order valence-electron chi connectivity index (χ0n) is 6.79. The second kappa shape index (κ2) is 2.42. The van der Waals surface area contributed by atoms with Crippen LogP contribution >= 0.6 is 0 Å². The van der Waals surface area contributed by atoms with E-state index < -0.39 is 17.7 Å². The van der Waals surface area contributed by atoms with Crippen molar-refractivity contribution in [3.63, 3.8) is 0 Å². The molecule has 0 aliphatic carbocycles. The Morgan fingerprint density at radius 1 is 1.67 bits per heavy atom. The second-order valence-corrected chi connectivity index (χ2v) is 3.69. The minimum Gasteiger partial charge on any atom is -0.480 e. The van der Waals surface area contributed by atoms with Gasteiger partial charge in [-0.1, -0.05) is 0 Å². The first-order valence-electron chi connectivity index (χ1n) is 4.28.